The molecule has 0 aromatic heterocycles. The lowest BCUT2D eigenvalue weighted by Gasteiger charge is -2.20. The van der Waals surface area contributed by atoms with Crippen molar-refractivity contribution in [3.63, 3.8) is 0 Å². The van der Waals surface area contributed by atoms with Crippen molar-refractivity contribution in [2.24, 2.45) is 5.92 Å². The first-order chi connectivity index (χ1) is 8.41. The molecular weight excluding hydrogens is 250 g/mol. The van der Waals surface area contributed by atoms with Crippen LogP contribution in [0.15, 0.2) is 18.2 Å². The molecule has 18 heavy (non-hydrogen) atoms. The summed E-state index contributed by atoms with van der Waals surface area (Å²) < 4.78 is 51.2. The lowest BCUT2D eigenvalue weighted by atomic mass is 10.1. The van der Waals surface area contributed by atoms with Crippen LogP contribution >= 0.6 is 0 Å². The molecule has 2 rings (SSSR count). The van der Waals surface area contributed by atoms with Gasteiger partial charge in [0.25, 0.3) is 0 Å². The smallest absolute Gasteiger partial charge is 0.396 e. The van der Waals surface area contributed by atoms with E-state index in [0.717, 1.165) is 18.2 Å². The minimum Gasteiger partial charge on any atom is -0.396 e. The van der Waals surface area contributed by atoms with Crippen molar-refractivity contribution >= 4 is 5.69 Å². The Kier molecular flexibility index (Phi) is 3.47. The fraction of sp³-hybridized carbons (Fsp3) is 0.500. The molecule has 0 bridgehead atoms. The van der Waals surface area contributed by atoms with Crippen LogP contribution in [-0.2, 0) is 6.18 Å². The Bertz CT molecular complexity index is 433. The fourth-order valence-corrected chi connectivity index (χ4v) is 2.13. The van der Waals surface area contributed by atoms with Crippen molar-refractivity contribution in [3.05, 3.63) is 29.6 Å². The van der Waals surface area contributed by atoms with E-state index in [1.54, 1.807) is 4.90 Å². The molecule has 0 saturated carbocycles. The van der Waals surface area contributed by atoms with E-state index in [2.05, 4.69) is 0 Å². The number of nitrogens with zero attached hydrogens (tertiary/aromatic N) is 1. The van der Waals surface area contributed by atoms with Crippen molar-refractivity contribution in [1.82, 2.24) is 0 Å². The van der Waals surface area contributed by atoms with Gasteiger partial charge in [-0.05, 0) is 24.6 Å². The SMILES string of the molecule is OCC1CCN(c2cc(C(F)(F)F)ccc2F)C1. The van der Waals surface area contributed by atoms with Crippen molar-refractivity contribution < 1.29 is 22.7 Å². The molecule has 1 aromatic rings. The summed E-state index contributed by atoms with van der Waals surface area (Å²) in [6.45, 7) is 0.815. The number of aliphatic hydroxyl groups is 1. The first kappa shape index (κ1) is 13.1. The number of hydrogen-bond donors (Lipinski definition) is 1. The van der Waals surface area contributed by atoms with Gasteiger partial charge in [-0.25, -0.2) is 4.39 Å². The van der Waals surface area contributed by atoms with Gasteiger partial charge in [0.2, 0.25) is 0 Å². The summed E-state index contributed by atoms with van der Waals surface area (Å²) in [5.74, 6) is -0.666. The normalized spacial score (nSPS) is 20.5. The number of alkyl halides is 3. The maximum Gasteiger partial charge on any atom is 0.416 e. The summed E-state index contributed by atoms with van der Waals surface area (Å²) in [7, 11) is 0. The summed E-state index contributed by atoms with van der Waals surface area (Å²) in [4.78, 5) is 1.55. The molecule has 1 fully saturated rings. The first-order valence-corrected chi connectivity index (χ1v) is 5.64. The lowest BCUT2D eigenvalue weighted by Crippen LogP contribution is -2.22. The van der Waals surface area contributed by atoms with Gasteiger partial charge in [-0.15, -0.1) is 0 Å². The van der Waals surface area contributed by atoms with Gasteiger partial charge in [0, 0.05) is 25.6 Å². The molecule has 6 heteroatoms. The Balaban J connectivity index is 2.27. The average Bonchev–Trinajstić information content (AvgIpc) is 2.76. The van der Waals surface area contributed by atoms with Crippen LogP contribution in [0.25, 0.3) is 0 Å². The second-order valence-electron chi connectivity index (χ2n) is 4.45. The second-order valence-corrected chi connectivity index (χ2v) is 4.45. The number of halogens is 4. The van der Waals surface area contributed by atoms with Crippen LogP contribution in [0.5, 0.6) is 0 Å². The predicted molar refractivity (Wildman–Crippen MR) is 58.8 cm³/mol. The zero-order valence-corrected chi connectivity index (χ0v) is 9.54. The molecule has 1 saturated heterocycles. The third-order valence-electron chi connectivity index (χ3n) is 3.16. The van der Waals surface area contributed by atoms with Crippen molar-refractivity contribution in [1.29, 1.82) is 0 Å². The summed E-state index contributed by atoms with van der Waals surface area (Å²) in [5.41, 5.74) is -0.896. The molecule has 2 nitrogen and oxygen atoms in total. The Morgan fingerprint density at radius 3 is 2.61 bits per heavy atom. The number of aliphatic hydroxyl groups excluding tert-OH is 1. The molecule has 0 amide bonds. The molecule has 1 heterocycles. The summed E-state index contributed by atoms with van der Waals surface area (Å²) in [5, 5.41) is 8.98. The second kappa shape index (κ2) is 4.76. The summed E-state index contributed by atoms with van der Waals surface area (Å²) >= 11 is 0. The Hall–Kier alpha value is -1.30. The van der Waals surface area contributed by atoms with E-state index in [9.17, 15) is 17.6 Å². The number of anilines is 1. The number of benzene rings is 1. The highest BCUT2D eigenvalue weighted by atomic mass is 19.4. The highest BCUT2D eigenvalue weighted by molar-refractivity contribution is 5.51. The fourth-order valence-electron chi connectivity index (χ4n) is 2.13. The van der Waals surface area contributed by atoms with E-state index in [4.69, 9.17) is 5.11 Å². The van der Waals surface area contributed by atoms with Gasteiger partial charge >= 0.3 is 6.18 Å². The standard InChI is InChI=1S/C12H13F4NO/c13-10-2-1-9(12(14,15)16)5-11(10)17-4-3-8(6-17)7-18/h1-2,5,8,18H,3-4,6-7H2. The highest BCUT2D eigenvalue weighted by Crippen LogP contribution is 2.34. The van der Waals surface area contributed by atoms with E-state index < -0.39 is 17.6 Å². The average molecular weight is 263 g/mol. The van der Waals surface area contributed by atoms with Gasteiger partial charge in [-0.2, -0.15) is 13.2 Å². The third-order valence-corrected chi connectivity index (χ3v) is 3.16. The zero-order chi connectivity index (χ0) is 13.3. The zero-order valence-electron chi connectivity index (χ0n) is 9.54. The quantitative estimate of drug-likeness (QED) is 0.829. The molecule has 1 unspecified atom stereocenters. The minimum absolute atomic E-state index is 0.000979. The van der Waals surface area contributed by atoms with Crippen molar-refractivity contribution in [2.45, 2.75) is 12.6 Å². The van der Waals surface area contributed by atoms with Gasteiger partial charge in [-0.1, -0.05) is 0 Å². The van der Waals surface area contributed by atoms with Crippen LogP contribution < -0.4 is 4.90 Å². The summed E-state index contributed by atoms with van der Waals surface area (Å²) in [6.07, 6.45) is -3.81. The Labute approximate surface area is 102 Å². The maximum atomic E-state index is 13.6. The van der Waals surface area contributed by atoms with Crippen LogP contribution in [0.1, 0.15) is 12.0 Å². The molecule has 1 aliphatic rings. The molecule has 0 spiro atoms. The van der Waals surface area contributed by atoms with Crippen LogP contribution in [0, 0.1) is 11.7 Å². The van der Waals surface area contributed by atoms with E-state index in [1.165, 1.54) is 0 Å². The third kappa shape index (κ3) is 2.58. The van der Waals surface area contributed by atoms with Gasteiger partial charge < -0.3 is 10.0 Å². The maximum absolute atomic E-state index is 13.6. The molecule has 0 aliphatic carbocycles. The van der Waals surface area contributed by atoms with Crippen LogP contribution in [0.2, 0.25) is 0 Å². The molecule has 100 valence electrons. The molecule has 0 radical (unpaired) electrons. The number of rotatable bonds is 2. The van der Waals surface area contributed by atoms with E-state index in [-0.39, 0.29) is 18.2 Å². The van der Waals surface area contributed by atoms with Crippen molar-refractivity contribution in [2.75, 3.05) is 24.6 Å². The van der Waals surface area contributed by atoms with Gasteiger partial charge in [0.15, 0.2) is 0 Å². The monoisotopic (exact) mass is 263 g/mol. The predicted octanol–water partition coefficient (Wildman–Crippen LogP) is 2.66. The van der Waals surface area contributed by atoms with Gasteiger partial charge in [0.1, 0.15) is 5.82 Å². The first-order valence-electron chi connectivity index (χ1n) is 5.64. The number of hydrogen-bond acceptors (Lipinski definition) is 2. The topological polar surface area (TPSA) is 23.5 Å². The molecule has 1 aromatic carbocycles. The minimum atomic E-state index is -4.47. The molecule has 1 aliphatic heterocycles. The van der Waals surface area contributed by atoms with Crippen LogP contribution in [-0.4, -0.2) is 24.8 Å². The van der Waals surface area contributed by atoms with E-state index in [1.807, 2.05) is 0 Å². The highest BCUT2D eigenvalue weighted by Gasteiger charge is 2.32. The largest absolute Gasteiger partial charge is 0.416 e. The van der Waals surface area contributed by atoms with Crippen molar-refractivity contribution in [3.8, 4) is 0 Å². The molecular formula is C12H13F4NO. The van der Waals surface area contributed by atoms with Gasteiger partial charge in [0.05, 0.1) is 11.3 Å². The molecule has 1 N–H and O–H groups in total. The molecule has 1 atom stereocenters. The summed E-state index contributed by atoms with van der Waals surface area (Å²) in [6, 6.07) is 2.40. The lowest BCUT2D eigenvalue weighted by molar-refractivity contribution is -0.137. The van der Waals surface area contributed by atoms with E-state index >= 15 is 0 Å². The van der Waals surface area contributed by atoms with E-state index in [0.29, 0.717) is 19.5 Å². The van der Waals surface area contributed by atoms with Crippen LogP contribution in [0.3, 0.4) is 0 Å². The van der Waals surface area contributed by atoms with Crippen LogP contribution in [0.4, 0.5) is 23.2 Å². The van der Waals surface area contributed by atoms with Gasteiger partial charge in [-0.3, -0.25) is 0 Å². The Morgan fingerprint density at radius 2 is 2.06 bits per heavy atom. The Morgan fingerprint density at radius 1 is 1.33 bits per heavy atom.